The number of rotatable bonds is 2. The van der Waals surface area contributed by atoms with Gasteiger partial charge in [-0.3, -0.25) is 4.68 Å². The molecule has 4 rings (SSSR count). The minimum absolute atomic E-state index is 0.548. The minimum Gasteiger partial charge on any atom is -0.481 e. The highest BCUT2D eigenvalue weighted by atomic mass is 16.5. The monoisotopic (exact) mass is 279 g/mol. The van der Waals surface area contributed by atoms with Crippen LogP contribution in [0.25, 0.3) is 33.6 Å². The van der Waals surface area contributed by atoms with Gasteiger partial charge in [-0.15, -0.1) is 0 Å². The van der Waals surface area contributed by atoms with Gasteiger partial charge in [-0.25, -0.2) is 4.98 Å². The first kappa shape index (κ1) is 11.9. The number of H-pyrrole nitrogens is 1. The van der Waals surface area contributed by atoms with Crippen molar-refractivity contribution in [2.45, 2.75) is 0 Å². The van der Waals surface area contributed by atoms with E-state index in [9.17, 15) is 0 Å². The predicted octanol–water partition coefficient (Wildman–Crippen LogP) is 2.52. The first-order chi connectivity index (χ1) is 10.3. The molecule has 0 radical (unpaired) electrons. The lowest BCUT2D eigenvalue weighted by Gasteiger charge is -1.95. The largest absolute Gasteiger partial charge is 0.481 e. The molecule has 4 aromatic rings. The fraction of sp³-hybridized carbons (Fsp3) is 0.133. The smallest absolute Gasteiger partial charge is 0.215 e. The Kier molecular flexibility index (Phi) is 2.44. The van der Waals surface area contributed by atoms with E-state index in [0.29, 0.717) is 17.4 Å². The zero-order valence-corrected chi connectivity index (χ0v) is 11.7. The average molecular weight is 279 g/mol. The minimum atomic E-state index is 0.548. The molecule has 0 spiro atoms. The van der Waals surface area contributed by atoms with Gasteiger partial charge >= 0.3 is 0 Å². The first-order valence-electron chi connectivity index (χ1n) is 6.59. The number of methoxy groups -OCH3 is 1. The summed E-state index contributed by atoms with van der Waals surface area (Å²) in [7, 11) is 3.52. The Bertz CT molecular complexity index is 953. The lowest BCUT2D eigenvalue weighted by Crippen LogP contribution is -1.90. The highest BCUT2D eigenvalue weighted by Gasteiger charge is 2.14. The molecule has 0 aliphatic heterocycles. The zero-order chi connectivity index (χ0) is 14.4. The van der Waals surface area contributed by atoms with E-state index in [-0.39, 0.29) is 0 Å². The van der Waals surface area contributed by atoms with E-state index in [1.165, 1.54) is 0 Å². The lowest BCUT2D eigenvalue weighted by atomic mass is 10.2. The number of ether oxygens (including phenoxy) is 1. The molecule has 0 atom stereocenters. The molecule has 1 N–H and O–H groups in total. The van der Waals surface area contributed by atoms with Gasteiger partial charge in [-0.2, -0.15) is 10.1 Å². The maximum Gasteiger partial charge on any atom is 0.215 e. The number of aromatic amines is 1. The van der Waals surface area contributed by atoms with Crippen molar-refractivity contribution in [1.82, 2.24) is 24.7 Å². The number of aromatic nitrogens is 5. The Morgan fingerprint density at radius 1 is 1.10 bits per heavy atom. The average Bonchev–Trinajstić information content (AvgIpc) is 3.08. The van der Waals surface area contributed by atoms with Crippen LogP contribution in [-0.4, -0.2) is 31.8 Å². The van der Waals surface area contributed by atoms with Crippen LogP contribution in [0.4, 0.5) is 0 Å². The summed E-state index contributed by atoms with van der Waals surface area (Å²) in [5, 5.41) is 5.62. The van der Waals surface area contributed by atoms with E-state index in [2.05, 4.69) is 20.1 Å². The molecule has 3 aromatic heterocycles. The third-order valence-corrected chi connectivity index (χ3v) is 3.51. The number of hydrogen-bond donors (Lipinski definition) is 1. The molecule has 104 valence electrons. The summed E-state index contributed by atoms with van der Waals surface area (Å²) in [6, 6.07) is 11.8. The summed E-state index contributed by atoms with van der Waals surface area (Å²) >= 11 is 0. The van der Waals surface area contributed by atoms with Gasteiger partial charge in [0, 0.05) is 18.5 Å². The predicted molar refractivity (Wildman–Crippen MR) is 80.1 cm³/mol. The Morgan fingerprint density at radius 3 is 2.81 bits per heavy atom. The fourth-order valence-corrected chi connectivity index (χ4v) is 2.49. The maximum absolute atomic E-state index is 5.13. The molecule has 0 bridgehead atoms. The first-order valence-corrected chi connectivity index (χ1v) is 6.59. The van der Waals surface area contributed by atoms with Crippen molar-refractivity contribution in [3.63, 3.8) is 0 Å². The highest BCUT2D eigenvalue weighted by Crippen LogP contribution is 2.27. The van der Waals surface area contributed by atoms with Gasteiger partial charge in [0.1, 0.15) is 5.69 Å². The summed E-state index contributed by atoms with van der Waals surface area (Å²) in [5.41, 5.74) is 3.38. The molecule has 6 nitrogen and oxygen atoms in total. The van der Waals surface area contributed by atoms with Crippen LogP contribution in [0.3, 0.4) is 0 Å². The van der Waals surface area contributed by atoms with Gasteiger partial charge in [0.05, 0.1) is 18.1 Å². The number of aryl methyl sites for hydroxylation is 1. The molecule has 3 heterocycles. The summed E-state index contributed by atoms with van der Waals surface area (Å²) in [4.78, 5) is 12.1. The molecule has 0 unspecified atom stereocenters. The van der Waals surface area contributed by atoms with Gasteiger partial charge in [-0.1, -0.05) is 18.2 Å². The van der Waals surface area contributed by atoms with Gasteiger partial charge < -0.3 is 9.72 Å². The number of hydrogen-bond acceptors (Lipinski definition) is 4. The van der Waals surface area contributed by atoms with Crippen LogP contribution >= 0.6 is 0 Å². The standard InChI is InChI=1S/C15H13N5O/c1-20-11-6-4-3-5-9(11)13(19-20)15-16-10-7-8-12(21-2)17-14(10)18-15/h3-8H,1-2H3,(H,16,17,18). The van der Waals surface area contributed by atoms with E-state index in [1.807, 2.05) is 42.1 Å². The number of benzene rings is 1. The number of nitrogens with zero attached hydrogens (tertiary/aromatic N) is 4. The molecule has 0 fully saturated rings. The number of fused-ring (bicyclic) bond motifs is 2. The van der Waals surface area contributed by atoms with E-state index in [4.69, 9.17) is 4.74 Å². The highest BCUT2D eigenvalue weighted by molar-refractivity contribution is 5.93. The molecule has 0 aliphatic carbocycles. The van der Waals surface area contributed by atoms with Crippen LogP contribution in [0, 0.1) is 0 Å². The summed E-state index contributed by atoms with van der Waals surface area (Å²) < 4.78 is 6.98. The Hall–Kier alpha value is -2.89. The fourth-order valence-electron chi connectivity index (χ4n) is 2.49. The number of pyridine rings is 1. The van der Waals surface area contributed by atoms with E-state index in [1.54, 1.807) is 13.2 Å². The van der Waals surface area contributed by atoms with E-state index < -0.39 is 0 Å². The number of nitrogens with one attached hydrogen (secondary N) is 1. The summed E-state index contributed by atoms with van der Waals surface area (Å²) in [5.74, 6) is 1.26. The quantitative estimate of drug-likeness (QED) is 0.612. The molecule has 1 aromatic carbocycles. The van der Waals surface area contributed by atoms with Gasteiger partial charge in [-0.05, 0) is 12.1 Å². The van der Waals surface area contributed by atoms with Crippen molar-refractivity contribution in [1.29, 1.82) is 0 Å². The van der Waals surface area contributed by atoms with Crippen LogP contribution in [0.15, 0.2) is 36.4 Å². The SMILES string of the molecule is COc1ccc2[nH]c(-c3nn(C)c4ccccc34)nc2n1. The Balaban J connectivity index is 1.96. The van der Waals surface area contributed by atoms with Gasteiger partial charge in [0.15, 0.2) is 11.5 Å². The molecule has 21 heavy (non-hydrogen) atoms. The molecule has 0 amide bonds. The van der Waals surface area contributed by atoms with Crippen LogP contribution in [0.2, 0.25) is 0 Å². The van der Waals surface area contributed by atoms with Crippen LogP contribution < -0.4 is 4.74 Å². The van der Waals surface area contributed by atoms with Crippen molar-refractivity contribution in [3.05, 3.63) is 36.4 Å². The van der Waals surface area contributed by atoms with E-state index >= 15 is 0 Å². The Morgan fingerprint density at radius 2 is 1.95 bits per heavy atom. The van der Waals surface area contributed by atoms with Crippen molar-refractivity contribution in [2.24, 2.45) is 7.05 Å². The molecule has 0 saturated carbocycles. The molecule has 0 saturated heterocycles. The second-order valence-corrected chi connectivity index (χ2v) is 4.80. The lowest BCUT2D eigenvalue weighted by molar-refractivity contribution is 0.399. The normalized spacial score (nSPS) is 11.3. The van der Waals surface area contributed by atoms with Crippen molar-refractivity contribution in [2.75, 3.05) is 7.11 Å². The maximum atomic E-state index is 5.13. The molecule has 0 aliphatic rings. The Labute approximate surface area is 120 Å². The third-order valence-electron chi connectivity index (χ3n) is 3.51. The summed E-state index contributed by atoms with van der Waals surface area (Å²) in [6.45, 7) is 0. The molecular formula is C15H13N5O. The molecule has 6 heteroatoms. The van der Waals surface area contributed by atoms with E-state index in [0.717, 1.165) is 22.1 Å². The zero-order valence-electron chi connectivity index (χ0n) is 11.7. The van der Waals surface area contributed by atoms with Gasteiger partial charge in [0.2, 0.25) is 5.88 Å². The molecular weight excluding hydrogens is 266 g/mol. The third kappa shape index (κ3) is 1.76. The number of imidazole rings is 1. The number of para-hydroxylation sites is 1. The topological polar surface area (TPSA) is 68.6 Å². The van der Waals surface area contributed by atoms with Gasteiger partial charge in [0.25, 0.3) is 0 Å². The second-order valence-electron chi connectivity index (χ2n) is 4.80. The summed E-state index contributed by atoms with van der Waals surface area (Å²) in [6.07, 6.45) is 0. The van der Waals surface area contributed by atoms with Crippen molar-refractivity contribution < 1.29 is 4.74 Å². The van der Waals surface area contributed by atoms with Crippen LogP contribution in [-0.2, 0) is 7.05 Å². The van der Waals surface area contributed by atoms with Crippen molar-refractivity contribution in [3.8, 4) is 17.4 Å². The van der Waals surface area contributed by atoms with Crippen molar-refractivity contribution >= 4 is 22.1 Å². The van der Waals surface area contributed by atoms with Crippen LogP contribution in [0.1, 0.15) is 0 Å². The van der Waals surface area contributed by atoms with Crippen LogP contribution in [0.5, 0.6) is 5.88 Å². The second kappa shape index (κ2) is 4.31.